The normalized spacial score (nSPS) is 17.8. The average Bonchev–Trinajstić information content (AvgIpc) is 2.71. The molecular weight excluding hydrogens is 438 g/mol. The standard InChI is InChI=1S/C21H27N3O5S2/c1-15-6-4-8-20(16(15)2)23-31(28,29)19-11-9-17(10-12-19)21(25)22-18-7-5-13-24(14-18)30(3,26)27/h4,6,8-12,18,23H,5,7,13-14H2,1-3H3,(H,22,25). The molecule has 0 aromatic heterocycles. The highest BCUT2D eigenvalue weighted by atomic mass is 32.2. The van der Waals surface area contributed by atoms with Crippen molar-refractivity contribution in [1.29, 1.82) is 0 Å². The van der Waals surface area contributed by atoms with Crippen LogP contribution in [0.15, 0.2) is 47.4 Å². The van der Waals surface area contributed by atoms with E-state index in [1.54, 1.807) is 12.1 Å². The minimum absolute atomic E-state index is 0.0471. The fourth-order valence-electron chi connectivity index (χ4n) is 3.48. The molecule has 1 saturated heterocycles. The minimum atomic E-state index is -3.80. The quantitative estimate of drug-likeness (QED) is 0.680. The molecule has 3 rings (SSSR count). The zero-order valence-electron chi connectivity index (χ0n) is 17.8. The van der Waals surface area contributed by atoms with Gasteiger partial charge in [-0.25, -0.2) is 21.1 Å². The van der Waals surface area contributed by atoms with Gasteiger partial charge in [-0.3, -0.25) is 9.52 Å². The summed E-state index contributed by atoms with van der Waals surface area (Å²) in [7, 11) is -7.11. The second kappa shape index (κ2) is 8.97. The number of anilines is 1. The molecule has 0 spiro atoms. The van der Waals surface area contributed by atoms with E-state index in [1.807, 2.05) is 19.9 Å². The highest BCUT2D eigenvalue weighted by molar-refractivity contribution is 7.92. The second-order valence-electron chi connectivity index (χ2n) is 7.81. The Morgan fingerprint density at radius 1 is 1.03 bits per heavy atom. The molecule has 0 saturated carbocycles. The van der Waals surface area contributed by atoms with Gasteiger partial charge in [0.1, 0.15) is 0 Å². The van der Waals surface area contributed by atoms with Crippen LogP contribution in [0.4, 0.5) is 5.69 Å². The van der Waals surface area contributed by atoms with Gasteiger partial charge < -0.3 is 5.32 Å². The number of rotatable bonds is 6. The van der Waals surface area contributed by atoms with Crippen molar-refractivity contribution < 1.29 is 21.6 Å². The summed E-state index contributed by atoms with van der Waals surface area (Å²) in [6, 6.07) is 10.8. The summed E-state index contributed by atoms with van der Waals surface area (Å²) in [5.41, 5.74) is 2.64. The van der Waals surface area contributed by atoms with Crippen molar-refractivity contribution in [3.8, 4) is 0 Å². The second-order valence-corrected chi connectivity index (χ2v) is 11.5. The number of carbonyl (C=O) groups excluding carboxylic acids is 1. The molecular formula is C21H27N3O5S2. The molecule has 1 atom stereocenters. The Hall–Kier alpha value is -2.43. The van der Waals surface area contributed by atoms with Crippen LogP contribution in [0.5, 0.6) is 0 Å². The van der Waals surface area contributed by atoms with Crippen LogP contribution in [0.25, 0.3) is 0 Å². The van der Waals surface area contributed by atoms with Crippen LogP contribution in [-0.4, -0.2) is 52.4 Å². The molecule has 1 aliphatic heterocycles. The van der Waals surface area contributed by atoms with Gasteiger partial charge in [-0.05, 0) is 68.1 Å². The Morgan fingerprint density at radius 2 is 1.71 bits per heavy atom. The molecule has 1 amide bonds. The number of piperidine rings is 1. The van der Waals surface area contributed by atoms with Crippen LogP contribution < -0.4 is 10.0 Å². The maximum atomic E-state index is 12.7. The lowest BCUT2D eigenvalue weighted by Crippen LogP contribution is -2.49. The number of hydrogen-bond donors (Lipinski definition) is 2. The number of benzene rings is 2. The van der Waals surface area contributed by atoms with Gasteiger partial charge in [0.2, 0.25) is 10.0 Å². The molecule has 2 aromatic carbocycles. The molecule has 1 unspecified atom stereocenters. The summed E-state index contributed by atoms with van der Waals surface area (Å²) in [4.78, 5) is 12.6. The fourth-order valence-corrected chi connectivity index (χ4v) is 5.52. The molecule has 168 valence electrons. The third-order valence-electron chi connectivity index (χ3n) is 5.46. The summed E-state index contributed by atoms with van der Waals surface area (Å²) in [5, 5.41) is 2.84. The van der Waals surface area contributed by atoms with Gasteiger partial charge >= 0.3 is 0 Å². The van der Waals surface area contributed by atoms with Gasteiger partial charge in [-0.15, -0.1) is 0 Å². The number of aryl methyl sites for hydroxylation is 1. The van der Waals surface area contributed by atoms with E-state index in [4.69, 9.17) is 0 Å². The van der Waals surface area contributed by atoms with Crippen molar-refractivity contribution in [3.05, 3.63) is 59.2 Å². The first kappa shape index (κ1) is 23.2. The Kier molecular flexibility index (Phi) is 6.73. The monoisotopic (exact) mass is 465 g/mol. The van der Waals surface area contributed by atoms with Crippen LogP contribution in [-0.2, 0) is 20.0 Å². The van der Waals surface area contributed by atoms with Gasteiger partial charge in [0.15, 0.2) is 0 Å². The van der Waals surface area contributed by atoms with E-state index in [-0.39, 0.29) is 23.4 Å². The van der Waals surface area contributed by atoms with E-state index in [9.17, 15) is 21.6 Å². The third kappa shape index (κ3) is 5.63. The molecule has 0 bridgehead atoms. The molecule has 2 aromatic rings. The predicted octanol–water partition coefficient (Wildman–Crippen LogP) is 2.26. The van der Waals surface area contributed by atoms with Gasteiger partial charge in [0.05, 0.1) is 16.8 Å². The highest BCUT2D eigenvalue weighted by Gasteiger charge is 2.27. The maximum Gasteiger partial charge on any atom is 0.261 e. The van der Waals surface area contributed by atoms with Crippen LogP contribution >= 0.6 is 0 Å². The van der Waals surface area contributed by atoms with Crippen LogP contribution in [0.3, 0.4) is 0 Å². The van der Waals surface area contributed by atoms with Crippen molar-refractivity contribution in [2.75, 3.05) is 24.1 Å². The molecule has 1 fully saturated rings. The average molecular weight is 466 g/mol. The smallest absolute Gasteiger partial charge is 0.261 e. The van der Waals surface area contributed by atoms with Gasteiger partial charge in [0.25, 0.3) is 15.9 Å². The van der Waals surface area contributed by atoms with Crippen molar-refractivity contribution in [2.45, 2.75) is 37.6 Å². The Labute approximate surface area is 183 Å². The SMILES string of the molecule is Cc1cccc(NS(=O)(=O)c2ccc(C(=O)NC3CCCN(S(C)(=O)=O)C3)cc2)c1C. The number of carbonyl (C=O) groups is 1. The lowest BCUT2D eigenvalue weighted by molar-refractivity contribution is 0.0921. The van der Waals surface area contributed by atoms with E-state index in [1.165, 1.54) is 28.6 Å². The van der Waals surface area contributed by atoms with E-state index < -0.39 is 20.0 Å². The van der Waals surface area contributed by atoms with Crippen molar-refractivity contribution in [3.63, 3.8) is 0 Å². The van der Waals surface area contributed by atoms with Crippen molar-refractivity contribution in [1.82, 2.24) is 9.62 Å². The summed E-state index contributed by atoms with van der Waals surface area (Å²) < 4.78 is 52.9. The highest BCUT2D eigenvalue weighted by Crippen LogP contribution is 2.22. The van der Waals surface area contributed by atoms with E-state index >= 15 is 0 Å². The van der Waals surface area contributed by atoms with Gasteiger partial charge in [0, 0.05) is 24.7 Å². The van der Waals surface area contributed by atoms with E-state index in [2.05, 4.69) is 10.0 Å². The minimum Gasteiger partial charge on any atom is -0.348 e. The van der Waals surface area contributed by atoms with Crippen LogP contribution in [0.2, 0.25) is 0 Å². The number of sulfonamides is 2. The molecule has 0 radical (unpaired) electrons. The van der Waals surface area contributed by atoms with Gasteiger partial charge in [-0.1, -0.05) is 12.1 Å². The first-order valence-corrected chi connectivity index (χ1v) is 13.3. The van der Waals surface area contributed by atoms with E-state index in [0.717, 1.165) is 17.4 Å². The molecule has 0 aliphatic carbocycles. The van der Waals surface area contributed by atoms with Crippen molar-refractivity contribution >= 4 is 31.6 Å². The number of nitrogens with one attached hydrogen (secondary N) is 2. The van der Waals surface area contributed by atoms with Crippen molar-refractivity contribution in [2.24, 2.45) is 0 Å². The lowest BCUT2D eigenvalue weighted by atomic mass is 10.1. The summed E-state index contributed by atoms with van der Waals surface area (Å²) >= 11 is 0. The Balaban J connectivity index is 1.69. The summed E-state index contributed by atoms with van der Waals surface area (Å²) in [6.07, 6.45) is 2.51. The molecule has 2 N–H and O–H groups in total. The fraction of sp³-hybridized carbons (Fsp3) is 0.381. The number of amides is 1. The summed E-state index contributed by atoms with van der Waals surface area (Å²) in [5.74, 6) is -0.369. The largest absolute Gasteiger partial charge is 0.348 e. The first-order chi connectivity index (χ1) is 14.5. The number of hydrogen-bond acceptors (Lipinski definition) is 5. The molecule has 1 heterocycles. The molecule has 10 heteroatoms. The molecule has 8 nitrogen and oxygen atoms in total. The maximum absolute atomic E-state index is 12.7. The lowest BCUT2D eigenvalue weighted by Gasteiger charge is -2.31. The van der Waals surface area contributed by atoms with Crippen LogP contribution in [0.1, 0.15) is 34.3 Å². The predicted molar refractivity (Wildman–Crippen MR) is 120 cm³/mol. The zero-order valence-corrected chi connectivity index (χ0v) is 19.4. The third-order valence-corrected chi connectivity index (χ3v) is 8.12. The van der Waals surface area contributed by atoms with Gasteiger partial charge in [-0.2, -0.15) is 0 Å². The molecule has 1 aliphatic rings. The Morgan fingerprint density at radius 3 is 2.35 bits per heavy atom. The Bertz CT molecular complexity index is 1180. The topological polar surface area (TPSA) is 113 Å². The molecule has 31 heavy (non-hydrogen) atoms. The van der Waals surface area contributed by atoms with Crippen LogP contribution in [0, 0.1) is 13.8 Å². The zero-order chi connectivity index (χ0) is 22.8. The first-order valence-electron chi connectivity index (χ1n) is 9.92. The van der Waals surface area contributed by atoms with E-state index in [0.29, 0.717) is 30.6 Å². The number of nitrogens with zero attached hydrogens (tertiary/aromatic N) is 1. The summed E-state index contributed by atoms with van der Waals surface area (Å²) in [6.45, 7) is 4.43.